The minimum absolute atomic E-state index is 0.0293. The van der Waals surface area contributed by atoms with Gasteiger partial charge in [0.2, 0.25) is 5.91 Å². The summed E-state index contributed by atoms with van der Waals surface area (Å²) in [5.41, 5.74) is 3.56. The third-order valence-electron chi connectivity index (χ3n) is 9.23. The van der Waals surface area contributed by atoms with Crippen LogP contribution in [0.4, 0.5) is 9.59 Å². The molecule has 14 nitrogen and oxygen atoms in total. The van der Waals surface area contributed by atoms with E-state index in [1.807, 2.05) is 48.5 Å². The van der Waals surface area contributed by atoms with E-state index in [1.165, 1.54) is 10.8 Å². The Labute approximate surface area is 324 Å². The predicted molar refractivity (Wildman–Crippen MR) is 204 cm³/mol. The molecule has 1 aliphatic carbocycles. The van der Waals surface area contributed by atoms with Crippen molar-refractivity contribution in [3.8, 4) is 11.1 Å². The molecule has 2 N–H and O–H groups in total. The van der Waals surface area contributed by atoms with Crippen molar-refractivity contribution in [2.75, 3.05) is 13.2 Å². The zero-order valence-electron chi connectivity index (χ0n) is 32.3. The highest BCUT2D eigenvalue weighted by Gasteiger charge is 2.37. The number of hydrogen-bond acceptors (Lipinski definition) is 10. The van der Waals surface area contributed by atoms with Crippen molar-refractivity contribution >= 4 is 46.8 Å². The number of hydrogen-bond donors (Lipinski definition) is 2. The molecular formula is C42H46N4O10. The molecule has 56 heavy (non-hydrogen) atoms. The fourth-order valence-electron chi connectivity index (χ4n) is 6.67. The highest BCUT2D eigenvalue weighted by atomic mass is 16.7. The monoisotopic (exact) mass is 766 g/mol. The summed E-state index contributed by atoms with van der Waals surface area (Å²) in [6, 6.07) is 19.9. The second-order valence-electron chi connectivity index (χ2n) is 15.7. The van der Waals surface area contributed by atoms with E-state index in [1.54, 1.807) is 65.8 Å². The maximum absolute atomic E-state index is 14.2. The van der Waals surface area contributed by atoms with E-state index in [2.05, 4.69) is 10.6 Å². The van der Waals surface area contributed by atoms with Gasteiger partial charge < -0.3 is 29.7 Å². The summed E-state index contributed by atoms with van der Waals surface area (Å²) in [6.07, 6.45) is -0.399. The molecule has 0 unspecified atom stereocenters. The van der Waals surface area contributed by atoms with Crippen molar-refractivity contribution in [3.63, 3.8) is 0 Å². The summed E-state index contributed by atoms with van der Waals surface area (Å²) >= 11 is 0. The number of ether oxygens (including phenoxy) is 3. The number of amides is 4. The first-order valence-electron chi connectivity index (χ1n) is 18.4. The van der Waals surface area contributed by atoms with Crippen LogP contribution in [0.3, 0.4) is 0 Å². The van der Waals surface area contributed by atoms with Gasteiger partial charge in [0, 0.05) is 36.8 Å². The van der Waals surface area contributed by atoms with Crippen LogP contribution in [-0.4, -0.2) is 82.0 Å². The van der Waals surface area contributed by atoms with E-state index >= 15 is 0 Å². The van der Waals surface area contributed by atoms with Crippen LogP contribution in [0.25, 0.3) is 22.0 Å². The number of carbonyl (C=O) groups is 6. The summed E-state index contributed by atoms with van der Waals surface area (Å²) in [4.78, 5) is 84.3. The van der Waals surface area contributed by atoms with Gasteiger partial charge in [0.15, 0.2) is 6.04 Å². The number of alkyl carbamates (subject to hydrolysis) is 1. The van der Waals surface area contributed by atoms with Crippen LogP contribution >= 0.6 is 0 Å². The second-order valence-corrected chi connectivity index (χ2v) is 15.7. The molecule has 2 atom stereocenters. The summed E-state index contributed by atoms with van der Waals surface area (Å²) < 4.78 is 18.6. The molecule has 1 fully saturated rings. The first kappa shape index (κ1) is 39.7. The first-order chi connectivity index (χ1) is 26.5. The van der Waals surface area contributed by atoms with Crippen molar-refractivity contribution < 1.29 is 47.8 Å². The number of rotatable bonds is 11. The average Bonchev–Trinajstić information content (AvgIpc) is 3.78. The van der Waals surface area contributed by atoms with Crippen molar-refractivity contribution in [1.82, 2.24) is 20.3 Å². The number of imide groups is 1. The Balaban J connectivity index is 1.28. The van der Waals surface area contributed by atoms with Gasteiger partial charge in [-0.25, -0.2) is 14.4 Å². The summed E-state index contributed by atoms with van der Waals surface area (Å²) in [5, 5.41) is 6.27. The molecule has 4 amide bonds. The molecule has 0 radical (unpaired) electrons. The molecule has 3 aromatic carbocycles. The largest absolute Gasteiger partial charge is 0.449 e. The van der Waals surface area contributed by atoms with E-state index in [9.17, 15) is 28.8 Å². The number of aromatic nitrogens is 1. The summed E-state index contributed by atoms with van der Waals surface area (Å²) in [5.74, 6) is -3.58. The first-order valence-corrected chi connectivity index (χ1v) is 18.4. The van der Waals surface area contributed by atoms with Gasteiger partial charge in [-0.2, -0.15) is 0 Å². The van der Waals surface area contributed by atoms with Crippen molar-refractivity contribution in [2.24, 2.45) is 0 Å². The average molecular weight is 767 g/mol. The van der Waals surface area contributed by atoms with Crippen molar-refractivity contribution in [3.05, 3.63) is 95.7 Å². The Morgan fingerprint density at radius 2 is 1.36 bits per heavy atom. The van der Waals surface area contributed by atoms with Crippen molar-refractivity contribution in [2.45, 2.75) is 90.0 Å². The van der Waals surface area contributed by atoms with Gasteiger partial charge in [0.05, 0.1) is 17.7 Å². The summed E-state index contributed by atoms with van der Waals surface area (Å²) in [7, 11) is 0. The highest BCUT2D eigenvalue weighted by Crippen LogP contribution is 2.44. The topological polar surface area (TPSA) is 172 Å². The molecule has 0 bridgehead atoms. The van der Waals surface area contributed by atoms with Gasteiger partial charge in [0.1, 0.15) is 18.2 Å². The lowest BCUT2D eigenvalue weighted by atomic mass is 9.98. The Hall–Kier alpha value is -6.02. The predicted octanol–water partition coefficient (Wildman–Crippen LogP) is 5.78. The van der Waals surface area contributed by atoms with E-state index in [4.69, 9.17) is 19.0 Å². The quantitative estimate of drug-likeness (QED) is 0.178. The minimum Gasteiger partial charge on any atom is -0.449 e. The lowest BCUT2D eigenvalue weighted by Crippen LogP contribution is -2.55. The number of nitrogens with zero attached hydrogens (tertiary/aromatic N) is 2. The number of fused-ring (bicyclic) bond motifs is 4. The molecule has 0 saturated carbocycles. The Bertz CT molecular complexity index is 2120. The maximum atomic E-state index is 14.2. The van der Waals surface area contributed by atoms with Crippen molar-refractivity contribution in [1.29, 1.82) is 0 Å². The molecular weight excluding hydrogens is 720 g/mol. The fourth-order valence-corrected chi connectivity index (χ4v) is 6.67. The third kappa shape index (κ3) is 9.08. The molecule has 2 aliphatic rings. The number of hydroxylamine groups is 2. The Kier molecular flexibility index (Phi) is 11.3. The van der Waals surface area contributed by atoms with Crippen LogP contribution in [-0.2, 0) is 44.6 Å². The lowest BCUT2D eigenvalue weighted by molar-refractivity contribution is -0.200. The van der Waals surface area contributed by atoms with Gasteiger partial charge in [-0.05, 0) is 75.4 Å². The summed E-state index contributed by atoms with van der Waals surface area (Å²) in [6.45, 7) is 10.0. The molecule has 4 aromatic rings. The molecule has 1 saturated heterocycles. The number of para-hydroxylation sites is 1. The third-order valence-corrected chi connectivity index (χ3v) is 9.23. The van der Waals surface area contributed by atoms with E-state index in [-0.39, 0.29) is 38.4 Å². The van der Waals surface area contributed by atoms with Crippen LogP contribution in [0.5, 0.6) is 0 Å². The van der Waals surface area contributed by atoms with Crippen LogP contribution in [0.15, 0.2) is 79.0 Å². The number of nitrogens with one attached hydrogen (secondary N) is 2. The second kappa shape index (κ2) is 16.0. The Morgan fingerprint density at radius 1 is 0.768 bits per heavy atom. The minimum atomic E-state index is -1.50. The zero-order chi connectivity index (χ0) is 40.4. The normalized spacial score (nSPS) is 15.2. The molecule has 294 valence electrons. The highest BCUT2D eigenvalue weighted by molar-refractivity contribution is 6.02. The fraction of sp³-hybridized carbons (Fsp3) is 0.381. The smallest absolute Gasteiger partial charge is 0.419 e. The molecule has 1 aliphatic heterocycles. The van der Waals surface area contributed by atoms with Crippen LogP contribution in [0.2, 0.25) is 0 Å². The van der Waals surface area contributed by atoms with Crippen LogP contribution in [0.1, 0.15) is 77.0 Å². The molecule has 14 heteroatoms. The van der Waals surface area contributed by atoms with Gasteiger partial charge in [-0.15, -0.1) is 5.06 Å². The van der Waals surface area contributed by atoms with Gasteiger partial charge in [-0.1, -0.05) is 66.7 Å². The van der Waals surface area contributed by atoms with Gasteiger partial charge in [0.25, 0.3) is 11.8 Å². The van der Waals surface area contributed by atoms with Gasteiger partial charge >= 0.3 is 18.2 Å². The van der Waals surface area contributed by atoms with E-state index < -0.39 is 59.2 Å². The standard InChI is InChI=1S/C42H46N4O10/c1-41(2,3)54-24-33(38(50)56-46-35(47)19-20-36(46)48)43-37(49)32(21-25-22-45(40(52)55-42(4,5)6)34-18-12-11-13-26(25)34)44-39(51)53-23-31-29-16-9-7-14-27(29)28-15-8-10-17-30(28)31/h7-18,22,31-33H,19-21,23-24H2,1-6H3,(H,43,49)(H,44,51)/t32-,33-/m0/s1. The molecule has 2 heterocycles. The van der Waals surface area contributed by atoms with E-state index in [0.29, 0.717) is 21.5 Å². The zero-order valence-corrected chi connectivity index (χ0v) is 32.3. The Morgan fingerprint density at radius 3 is 1.96 bits per heavy atom. The lowest BCUT2D eigenvalue weighted by Gasteiger charge is -2.26. The SMILES string of the molecule is CC(C)(C)OC[C@H](NC(=O)[C@H](Cc1cn(C(=O)OC(C)(C)C)c2ccccc12)NC(=O)OCC1c2ccccc2-c2ccccc21)C(=O)ON1C(=O)CCC1=O. The van der Waals surface area contributed by atoms with E-state index in [0.717, 1.165) is 22.3 Å². The van der Waals surface area contributed by atoms with Crippen LogP contribution in [0, 0.1) is 0 Å². The van der Waals surface area contributed by atoms with Gasteiger partial charge in [-0.3, -0.25) is 19.0 Å². The maximum Gasteiger partial charge on any atom is 0.419 e. The molecule has 0 spiro atoms. The number of carbonyl (C=O) groups excluding carboxylic acids is 6. The number of benzene rings is 3. The molecule has 6 rings (SSSR count). The molecule has 1 aromatic heterocycles. The van der Waals surface area contributed by atoms with Crippen LogP contribution < -0.4 is 10.6 Å².